The lowest BCUT2D eigenvalue weighted by Crippen LogP contribution is -2.11. The number of nitrogens with two attached hydrogens (primary N) is 1. The minimum absolute atomic E-state index is 0.582. The molecule has 0 unspecified atom stereocenters. The number of hydrogen-bond donors (Lipinski definition) is 3. The third-order valence-electron chi connectivity index (χ3n) is 2.63. The van der Waals surface area contributed by atoms with E-state index >= 15 is 0 Å². The van der Waals surface area contributed by atoms with Crippen LogP contribution in [-0.2, 0) is 6.54 Å². The van der Waals surface area contributed by atoms with Gasteiger partial charge in [0.1, 0.15) is 0 Å². The molecule has 0 saturated carbocycles. The van der Waals surface area contributed by atoms with Crippen LogP contribution in [0, 0.1) is 0 Å². The Bertz CT molecular complexity index is 706. The van der Waals surface area contributed by atoms with Crippen LogP contribution < -0.4 is 16.6 Å². The van der Waals surface area contributed by atoms with Crippen molar-refractivity contribution in [3.63, 3.8) is 0 Å². The monoisotopic (exact) mass is 338 g/mol. The van der Waals surface area contributed by atoms with Crippen molar-refractivity contribution in [3.8, 4) is 0 Å². The number of hydrazine groups is 1. The van der Waals surface area contributed by atoms with E-state index in [1.54, 1.807) is 23.7 Å². The van der Waals surface area contributed by atoms with Crippen LogP contribution in [0.2, 0.25) is 0 Å². The average Bonchev–Trinajstić information content (AvgIpc) is 3.04. The Hall–Kier alpha value is -1.64. The zero-order valence-corrected chi connectivity index (χ0v) is 12.2. The van der Waals surface area contributed by atoms with Gasteiger partial charge in [0.05, 0.1) is 12.7 Å². The first-order valence-corrected chi connectivity index (χ1v) is 7.21. The van der Waals surface area contributed by atoms with Crippen molar-refractivity contribution in [2.75, 3.05) is 10.7 Å². The van der Waals surface area contributed by atoms with Gasteiger partial charge in [-0.2, -0.15) is 0 Å². The van der Waals surface area contributed by atoms with Crippen LogP contribution in [0.1, 0.15) is 4.88 Å². The predicted molar refractivity (Wildman–Crippen MR) is 80.1 cm³/mol. The van der Waals surface area contributed by atoms with Crippen molar-refractivity contribution in [2.45, 2.75) is 6.54 Å². The summed E-state index contributed by atoms with van der Waals surface area (Å²) in [6.45, 7) is 0.682. The normalized spacial score (nSPS) is 10.8. The van der Waals surface area contributed by atoms with Crippen molar-refractivity contribution >= 4 is 44.5 Å². The van der Waals surface area contributed by atoms with E-state index in [2.05, 4.69) is 36.6 Å². The van der Waals surface area contributed by atoms with Crippen molar-refractivity contribution in [3.05, 3.63) is 39.4 Å². The maximum atomic E-state index is 5.41. The number of halogens is 1. The van der Waals surface area contributed by atoms with Gasteiger partial charge in [0.25, 0.3) is 0 Å². The smallest absolute Gasteiger partial charge is 0.180 e. The maximum absolute atomic E-state index is 5.41. The quantitative estimate of drug-likeness (QED) is 0.503. The molecule has 0 fully saturated rings. The van der Waals surface area contributed by atoms with E-state index in [0.29, 0.717) is 18.2 Å². The van der Waals surface area contributed by atoms with Crippen LogP contribution in [0.15, 0.2) is 34.5 Å². The first-order chi connectivity index (χ1) is 9.28. The molecular formula is C11H11BrN6S. The van der Waals surface area contributed by atoms with E-state index in [4.69, 9.17) is 5.84 Å². The van der Waals surface area contributed by atoms with E-state index in [-0.39, 0.29) is 0 Å². The minimum atomic E-state index is 0.582. The first-order valence-electron chi connectivity index (χ1n) is 5.54. The lowest BCUT2D eigenvalue weighted by atomic mass is 10.4. The van der Waals surface area contributed by atoms with Gasteiger partial charge in [0.15, 0.2) is 17.3 Å². The fourth-order valence-electron chi connectivity index (χ4n) is 1.74. The number of rotatable bonds is 4. The minimum Gasteiger partial charge on any atom is -0.362 e. The van der Waals surface area contributed by atoms with Gasteiger partial charge in [-0.05, 0) is 27.4 Å². The molecule has 0 aliphatic heterocycles. The molecule has 0 spiro atoms. The van der Waals surface area contributed by atoms with Gasteiger partial charge < -0.3 is 15.1 Å². The third kappa shape index (κ3) is 2.42. The molecule has 3 aromatic heterocycles. The van der Waals surface area contributed by atoms with Crippen LogP contribution in [0.4, 0.5) is 11.6 Å². The Kier molecular flexibility index (Phi) is 3.36. The summed E-state index contributed by atoms with van der Waals surface area (Å²) in [5.41, 5.74) is 3.32. The molecule has 0 aromatic carbocycles. The van der Waals surface area contributed by atoms with Crippen molar-refractivity contribution in [1.82, 2.24) is 14.4 Å². The summed E-state index contributed by atoms with van der Waals surface area (Å²) in [5.74, 6) is 6.69. The number of thiophene rings is 1. The zero-order chi connectivity index (χ0) is 13.2. The number of aromatic nitrogens is 3. The molecule has 0 saturated heterocycles. The Morgan fingerprint density at radius 2 is 2.37 bits per heavy atom. The second-order valence-electron chi connectivity index (χ2n) is 3.82. The van der Waals surface area contributed by atoms with Crippen LogP contribution in [0.3, 0.4) is 0 Å². The second kappa shape index (κ2) is 5.16. The fourth-order valence-corrected chi connectivity index (χ4v) is 3.17. The zero-order valence-electron chi connectivity index (χ0n) is 9.80. The van der Waals surface area contributed by atoms with Gasteiger partial charge in [-0.25, -0.2) is 15.8 Å². The molecule has 0 atom stereocenters. The van der Waals surface area contributed by atoms with Crippen molar-refractivity contribution < 1.29 is 0 Å². The van der Waals surface area contributed by atoms with Gasteiger partial charge in [-0.15, -0.1) is 11.3 Å². The van der Waals surface area contributed by atoms with E-state index in [1.165, 1.54) is 4.88 Å². The van der Waals surface area contributed by atoms with Crippen molar-refractivity contribution in [2.24, 2.45) is 5.84 Å². The highest BCUT2D eigenvalue weighted by molar-refractivity contribution is 9.10. The van der Waals surface area contributed by atoms with Gasteiger partial charge in [0.2, 0.25) is 0 Å². The average molecular weight is 339 g/mol. The number of nitrogens with one attached hydrogen (secondary N) is 2. The summed E-state index contributed by atoms with van der Waals surface area (Å²) in [4.78, 5) is 9.86. The molecule has 0 bridgehead atoms. The number of nitrogen functional groups attached to an aromatic ring is 1. The summed E-state index contributed by atoms with van der Waals surface area (Å²) < 4.78 is 2.96. The highest BCUT2D eigenvalue weighted by Crippen LogP contribution is 2.24. The van der Waals surface area contributed by atoms with Crippen LogP contribution in [0.5, 0.6) is 0 Å². The Morgan fingerprint density at radius 1 is 1.47 bits per heavy atom. The molecule has 3 rings (SSSR count). The number of fused-ring (bicyclic) bond motifs is 1. The Balaban J connectivity index is 1.91. The summed E-state index contributed by atoms with van der Waals surface area (Å²) in [6.07, 6.45) is 5.36. The van der Waals surface area contributed by atoms with E-state index < -0.39 is 0 Å². The van der Waals surface area contributed by atoms with Crippen LogP contribution in [-0.4, -0.2) is 14.4 Å². The van der Waals surface area contributed by atoms with E-state index in [0.717, 1.165) is 10.1 Å². The molecule has 4 N–H and O–H groups in total. The molecule has 3 heterocycles. The molecule has 6 nitrogen and oxygen atoms in total. The summed E-state index contributed by atoms with van der Waals surface area (Å²) in [6, 6.07) is 2.03. The lowest BCUT2D eigenvalue weighted by Gasteiger charge is -2.08. The molecule has 19 heavy (non-hydrogen) atoms. The number of hydrogen-bond acceptors (Lipinski definition) is 6. The number of anilines is 2. The molecule has 3 aromatic rings. The van der Waals surface area contributed by atoms with Gasteiger partial charge in [0, 0.05) is 21.7 Å². The predicted octanol–water partition coefficient (Wildman–Crippen LogP) is 2.45. The molecule has 0 radical (unpaired) electrons. The molecule has 0 aliphatic rings. The Morgan fingerprint density at radius 3 is 3.11 bits per heavy atom. The highest BCUT2D eigenvalue weighted by Gasteiger charge is 2.08. The topological polar surface area (TPSA) is 80.3 Å². The molecule has 8 heteroatoms. The second-order valence-corrected chi connectivity index (χ2v) is 5.68. The fraction of sp³-hybridized carbons (Fsp3) is 0.0909. The summed E-state index contributed by atoms with van der Waals surface area (Å²) in [5, 5.41) is 5.32. The standard InChI is InChI=1S/C11H11BrN6S/c12-7-1-4-19-8(7)5-15-10-11-14-2-3-18(11)6-9(16-10)17-13/h1-4,6,17H,5,13H2,(H,15,16). The van der Waals surface area contributed by atoms with Gasteiger partial charge in [-0.1, -0.05) is 0 Å². The van der Waals surface area contributed by atoms with Crippen molar-refractivity contribution in [1.29, 1.82) is 0 Å². The summed E-state index contributed by atoms with van der Waals surface area (Å²) in [7, 11) is 0. The third-order valence-corrected chi connectivity index (χ3v) is 4.56. The Labute approximate surface area is 121 Å². The largest absolute Gasteiger partial charge is 0.362 e. The van der Waals surface area contributed by atoms with Gasteiger partial charge >= 0.3 is 0 Å². The molecular weight excluding hydrogens is 328 g/mol. The van der Waals surface area contributed by atoms with E-state index in [9.17, 15) is 0 Å². The summed E-state index contributed by atoms with van der Waals surface area (Å²) >= 11 is 5.19. The molecule has 0 amide bonds. The maximum Gasteiger partial charge on any atom is 0.180 e. The van der Waals surface area contributed by atoms with Crippen LogP contribution >= 0.6 is 27.3 Å². The molecule has 98 valence electrons. The first kappa shape index (κ1) is 12.4. The van der Waals surface area contributed by atoms with E-state index in [1.807, 2.05) is 22.0 Å². The molecule has 0 aliphatic carbocycles. The number of nitrogens with zero attached hydrogens (tertiary/aromatic N) is 3. The lowest BCUT2D eigenvalue weighted by molar-refractivity contribution is 1.07. The highest BCUT2D eigenvalue weighted by atomic mass is 79.9. The van der Waals surface area contributed by atoms with Gasteiger partial charge in [-0.3, -0.25) is 0 Å². The SMILES string of the molecule is NNc1cn2ccnc2c(NCc2sccc2Br)n1. The van der Waals surface area contributed by atoms with Crippen LogP contribution in [0.25, 0.3) is 5.65 Å². The number of imidazole rings is 1.